The summed E-state index contributed by atoms with van der Waals surface area (Å²) in [6, 6.07) is 3.30. The zero-order chi connectivity index (χ0) is 14.7. The molecule has 0 fully saturated rings. The van der Waals surface area contributed by atoms with Gasteiger partial charge in [0.2, 0.25) is 11.6 Å². The zero-order valence-corrected chi connectivity index (χ0v) is 10.0. The minimum absolute atomic E-state index is 0.0223. The highest BCUT2D eigenvalue weighted by Crippen LogP contribution is 2.26. The second-order valence-electron chi connectivity index (χ2n) is 3.82. The van der Waals surface area contributed by atoms with Gasteiger partial charge in [-0.1, -0.05) is 6.07 Å². The first-order chi connectivity index (χ1) is 9.49. The zero-order valence-electron chi connectivity index (χ0n) is 10.0. The Bertz CT molecular complexity index is 665. The number of nitrogens with one attached hydrogen (secondary N) is 1. The van der Waals surface area contributed by atoms with Crippen LogP contribution < -0.4 is 11.1 Å². The first-order valence-electron chi connectivity index (χ1n) is 5.41. The molecule has 1 aromatic heterocycles. The maximum absolute atomic E-state index is 13.0. The normalized spacial score (nSPS) is 10.3. The van der Waals surface area contributed by atoms with Crippen molar-refractivity contribution in [3.8, 4) is 0 Å². The topological polar surface area (TPSA) is 107 Å². The molecule has 0 atom stereocenters. The molecule has 9 heteroatoms. The Labute approximate surface area is 111 Å². The average Bonchev–Trinajstić information content (AvgIpc) is 2.39. The van der Waals surface area contributed by atoms with E-state index in [4.69, 9.17) is 5.73 Å². The molecule has 1 aromatic carbocycles. The van der Waals surface area contributed by atoms with E-state index in [9.17, 15) is 18.9 Å². The lowest BCUT2D eigenvalue weighted by molar-refractivity contribution is -0.383. The number of nitrogens with two attached hydrogens (primary N) is 1. The largest absolute Gasteiger partial charge is 0.378 e. The number of hydrogen-bond acceptors (Lipinski definition) is 6. The molecule has 7 nitrogen and oxygen atoms in total. The molecule has 0 aliphatic heterocycles. The van der Waals surface area contributed by atoms with Crippen molar-refractivity contribution in [2.45, 2.75) is 6.54 Å². The van der Waals surface area contributed by atoms with Gasteiger partial charge in [-0.3, -0.25) is 10.1 Å². The second kappa shape index (κ2) is 5.43. The Kier molecular flexibility index (Phi) is 3.69. The maximum atomic E-state index is 13.0. The van der Waals surface area contributed by atoms with Gasteiger partial charge in [0.15, 0.2) is 11.6 Å². The smallest absolute Gasteiger partial charge is 0.352 e. The molecule has 0 bridgehead atoms. The summed E-state index contributed by atoms with van der Waals surface area (Å²) in [6.45, 7) is 0.0223. The lowest BCUT2D eigenvalue weighted by Gasteiger charge is -2.07. The highest BCUT2D eigenvalue weighted by Gasteiger charge is 2.20. The van der Waals surface area contributed by atoms with Crippen molar-refractivity contribution in [2.24, 2.45) is 0 Å². The molecule has 0 unspecified atom stereocenters. The Hall–Kier alpha value is -2.84. The molecule has 0 spiro atoms. The van der Waals surface area contributed by atoms with Crippen LogP contribution in [0.1, 0.15) is 5.56 Å². The fourth-order valence-corrected chi connectivity index (χ4v) is 1.54. The van der Waals surface area contributed by atoms with E-state index in [0.717, 1.165) is 18.5 Å². The molecular formula is C11H9F2N5O2. The van der Waals surface area contributed by atoms with Crippen molar-refractivity contribution < 1.29 is 13.7 Å². The summed E-state index contributed by atoms with van der Waals surface area (Å²) >= 11 is 0. The molecule has 2 aromatic rings. The van der Waals surface area contributed by atoms with E-state index in [1.54, 1.807) is 0 Å². The molecule has 0 aliphatic carbocycles. The van der Waals surface area contributed by atoms with Crippen LogP contribution in [0.2, 0.25) is 0 Å². The number of halogens is 2. The van der Waals surface area contributed by atoms with Gasteiger partial charge in [0.05, 0.1) is 4.92 Å². The minimum Gasteiger partial charge on any atom is -0.378 e. The van der Waals surface area contributed by atoms with E-state index in [1.807, 2.05) is 0 Å². The van der Waals surface area contributed by atoms with Gasteiger partial charge in [-0.15, -0.1) is 0 Å². The van der Waals surface area contributed by atoms with Crippen molar-refractivity contribution in [2.75, 3.05) is 11.1 Å². The molecule has 104 valence electrons. The maximum Gasteiger partial charge on any atom is 0.352 e. The molecule has 0 saturated heterocycles. The number of nitro groups is 1. The monoisotopic (exact) mass is 281 g/mol. The summed E-state index contributed by atoms with van der Waals surface area (Å²) in [7, 11) is 0. The molecule has 0 radical (unpaired) electrons. The van der Waals surface area contributed by atoms with Gasteiger partial charge in [-0.25, -0.2) is 18.7 Å². The van der Waals surface area contributed by atoms with Crippen LogP contribution in [0.15, 0.2) is 24.5 Å². The van der Waals surface area contributed by atoms with E-state index in [-0.39, 0.29) is 18.2 Å². The lowest BCUT2D eigenvalue weighted by atomic mass is 10.2. The third-order valence-corrected chi connectivity index (χ3v) is 2.48. The average molecular weight is 281 g/mol. The Morgan fingerprint density at radius 3 is 2.70 bits per heavy atom. The predicted octanol–water partition coefficient (Wildman–Crippen LogP) is 1.86. The SMILES string of the molecule is Nc1ncnc(NCc2ccc(F)c(F)c2)c1[N+](=O)[O-]. The van der Waals surface area contributed by atoms with Gasteiger partial charge in [-0.2, -0.15) is 0 Å². The quantitative estimate of drug-likeness (QED) is 0.654. The summed E-state index contributed by atoms with van der Waals surface area (Å²) in [6.07, 6.45) is 1.07. The van der Waals surface area contributed by atoms with Crippen molar-refractivity contribution in [3.63, 3.8) is 0 Å². The third-order valence-electron chi connectivity index (χ3n) is 2.48. The number of nitrogen functional groups attached to an aromatic ring is 1. The highest BCUT2D eigenvalue weighted by molar-refractivity contribution is 5.67. The molecule has 0 amide bonds. The van der Waals surface area contributed by atoms with Crippen LogP contribution in [0.3, 0.4) is 0 Å². The van der Waals surface area contributed by atoms with Gasteiger partial charge in [0.1, 0.15) is 6.33 Å². The molecular weight excluding hydrogens is 272 g/mol. The third kappa shape index (κ3) is 2.76. The van der Waals surface area contributed by atoms with Crippen LogP contribution in [0.25, 0.3) is 0 Å². The van der Waals surface area contributed by atoms with Gasteiger partial charge in [-0.05, 0) is 17.7 Å². The molecule has 2 rings (SSSR count). The number of anilines is 2. The van der Waals surface area contributed by atoms with E-state index in [2.05, 4.69) is 15.3 Å². The van der Waals surface area contributed by atoms with Crippen molar-refractivity contribution in [1.82, 2.24) is 9.97 Å². The van der Waals surface area contributed by atoms with Gasteiger partial charge in [0.25, 0.3) is 0 Å². The van der Waals surface area contributed by atoms with Crippen LogP contribution >= 0.6 is 0 Å². The van der Waals surface area contributed by atoms with E-state index >= 15 is 0 Å². The summed E-state index contributed by atoms with van der Waals surface area (Å²) in [5.74, 6) is -2.34. The number of hydrogen-bond donors (Lipinski definition) is 2. The van der Waals surface area contributed by atoms with Crippen LogP contribution in [0, 0.1) is 21.7 Å². The molecule has 20 heavy (non-hydrogen) atoms. The Morgan fingerprint density at radius 2 is 2.05 bits per heavy atom. The van der Waals surface area contributed by atoms with Gasteiger partial charge in [0, 0.05) is 6.54 Å². The lowest BCUT2D eigenvalue weighted by Crippen LogP contribution is -2.08. The number of benzene rings is 1. The Morgan fingerprint density at radius 1 is 1.30 bits per heavy atom. The van der Waals surface area contributed by atoms with Crippen LogP contribution in [0.4, 0.5) is 26.1 Å². The standard InChI is InChI=1S/C11H9F2N5O2/c12-7-2-1-6(3-8(7)13)4-15-11-9(18(19)20)10(14)16-5-17-11/h1-3,5H,4H2,(H3,14,15,16,17). The summed E-state index contributed by atoms with van der Waals surface area (Å²) < 4.78 is 25.8. The van der Waals surface area contributed by atoms with Crippen LogP contribution in [-0.2, 0) is 6.54 Å². The van der Waals surface area contributed by atoms with Crippen LogP contribution in [-0.4, -0.2) is 14.9 Å². The van der Waals surface area contributed by atoms with Gasteiger partial charge >= 0.3 is 5.69 Å². The first kappa shape index (κ1) is 13.6. The highest BCUT2D eigenvalue weighted by atomic mass is 19.2. The summed E-state index contributed by atoms with van der Waals surface area (Å²) in [5, 5.41) is 13.5. The fraction of sp³-hybridized carbons (Fsp3) is 0.0909. The molecule has 1 heterocycles. The Balaban J connectivity index is 2.21. The van der Waals surface area contributed by atoms with Gasteiger partial charge < -0.3 is 11.1 Å². The first-order valence-corrected chi connectivity index (χ1v) is 5.41. The number of nitrogens with zero attached hydrogens (tertiary/aromatic N) is 3. The fourth-order valence-electron chi connectivity index (χ4n) is 1.54. The van der Waals surface area contributed by atoms with E-state index in [0.29, 0.717) is 5.56 Å². The number of aromatic nitrogens is 2. The molecule has 0 aliphatic rings. The van der Waals surface area contributed by atoms with Crippen molar-refractivity contribution in [3.05, 3.63) is 51.8 Å². The van der Waals surface area contributed by atoms with Crippen molar-refractivity contribution in [1.29, 1.82) is 0 Å². The number of rotatable bonds is 4. The van der Waals surface area contributed by atoms with E-state index < -0.39 is 22.2 Å². The molecule has 0 saturated carbocycles. The predicted molar refractivity (Wildman–Crippen MR) is 66.8 cm³/mol. The minimum atomic E-state index is -0.999. The second-order valence-corrected chi connectivity index (χ2v) is 3.82. The van der Waals surface area contributed by atoms with Crippen LogP contribution in [0.5, 0.6) is 0 Å². The van der Waals surface area contributed by atoms with Crippen molar-refractivity contribution >= 4 is 17.3 Å². The van der Waals surface area contributed by atoms with E-state index in [1.165, 1.54) is 6.07 Å². The summed E-state index contributed by atoms with van der Waals surface area (Å²) in [5.41, 5.74) is 5.33. The molecule has 3 N–H and O–H groups in total. The summed E-state index contributed by atoms with van der Waals surface area (Å²) in [4.78, 5) is 17.4.